The minimum atomic E-state index is 0.247. The fraction of sp³-hybridized carbons (Fsp3) is 0.615. The summed E-state index contributed by atoms with van der Waals surface area (Å²) in [6.45, 7) is 8.29. The van der Waals surface area contributed by atoms with E-state index in [1.165, 1.54) is 0 Å². The van der Waals surface area contributed by atoms with E-state index in [0.29, 0.717) is 12.4 Å². The topological polar surface area (TPSA) is 72.9 Å². The molecule has 0 fully saturated rings. The molecule has 2 heterocycles. The maximum absolute atomic E-state index is 5.95. The van der Waals surface area contributed by atoms with Crippen LogP contribution >= 0.6 is 0 Å². The molecule has 0 bridgehead atoms. The van der Waals surface area contributed by atoms with Crippen LogP contribution in [-0.2, 0) is 13.6 Å². The largest absolute Gasteiger partial charge is 0.383 e. The Morgan fingerprint density at radius 3 is 2.63 bits per heavy atom. The molecular formula is C13H22N6. The summed E-state index contributed by atoms with van der Waals surface area (Å²) in [5.41, 5.74) is 6.98. The molecule has 0 radical (unpaired) electrons. The van der Waals surface area contributed by atoms with E-state index >= 15 is 0 Å². The number of aromatic nitrogens is 4. The Bertz CT molecular complexity index is 581. The van der Waals surface area contributed by atoms with E-state index in [1.54, 1.807) is 10.9 Å². The highest BCUT2D eigenvalue weighted by atomic mass is 15.3. The van der Waals surface area contributed by atoms with Crippen molar-refractivity contribution >= 4 is 16.9 Å². The molecule has 104 valence electrons. The minimum Gasteiger partial charge on any atom is -0.383 e. The molecule has 0 saturated carbocycles. The molecule has 0 spiro atoms. The van der Waals surface area contributed by atoms with Gasteiger partial charge in [0.1, 0.15) is 11.6 Å². The van der Waals surface area contributed by atoms with Crippen molar-refractivity contribution in [3.63, 3.8) is 0 Å². The number of anilines is 1. The normalized spacial score (nSPS) is 12.5. The molecule has 2 aromatic rings. The van der Waals surface area contributed by atoms with Gasteiger partial charge in [-0.15, -0.1) is 0 Å². The van der Waals surface area contributed by atoms with E-state index in [9.17, 15) is 0 Å². The molecule has 0 unspecified atom stereocenters. The average Bonchev–Trinajstić information content (AvgIpc) is 2.58. The molecule has 2 aromatic heterocycles. The lowest BCUT2D eigenvalue weighted by molar-refractivity contribution is 0.217. The molecule has 0 aliphatic carbocycles. The van der Waals surface area contributed by atoms with Crippen LogP contribution in [0.5, 0.6) is 0 Å². The molecular weight excluding hydrogens is 240 g/mol. The van der Waals surface area contributed by atoms with Crippen LogP contribution in [0.4, 0.5) is 5.82 Å². The second-order valence-corrected chi connectivity index (χ2v) is 6.26. The second kappa shape index (κ2) is 4.77. The summed E-state index contributed by atoms with van der Waals surface area (Å²) in [5.74, 6) is 1.23. The molecule has 6 nitrogen and oxygen atoms in total. The number of nitrogen functional groups attached to an aromatic ring is 1. The fourth-order valence-electron chi connectivity index (χ4n) is 2.27. The summed E-state index contributed by atoms with van der Waals surface area (Å²) < 4.78 is 1.72. The molecule has 0 aliphatic heterocycles. The first-order valence-corrected chi connectivity index (χ1v) is 6.39. The lowest BCUT2D eigenvalue weighted by atomic mass is 9.96. The molecule has 0 saturated heterocycles. The van der Waals surface area contributed by atoms with Gasteiger partial charge >= 0.3 is 0 Å². The Kier molecular flexibility index (Phi) is 3.45. The third kappa shape index (κ3) is 3.20. The van der Waals surface area contributed by atoms with Crippen LogP contribution in [0.2, 0.25) is 0 Å². The van der Waals surface area contributed by atoms with E-state index in [4.69, 9.17) is 5.73 Å². The van der Waals surface area contributed by atoms with Gasteiger partial charge in [-0.25, -0.2) is 9.97 Å². The first-order valence-electron chi connectivity index (χ1n) is 6.39. The van der Waals surface area contributed by atoms with Gasteiger partial charge in [0.05, 0.1) is 18.1 Å². The SMILES string of the molecule is CN(Cc1nc(N)c2cnn(C)c2n1)CC(C)(C)C. The first kappa shape index (κ1) is 13.7. The second-order valence-electron chi connectivity index (χ2n) is 6.26. The minimum absolute atomic E-state index is 0.247. The van der Waals surface area contributed by atoms with Gasteiger partial charge in [-0.1, -0.05) is 20.8 Å². The Balaban J connectivity index is 2.23. The molecule has 6 heteroatoms. The molecule has 2 rings (SSSR count). The summed E-state index contributed by atoms with van der Waals surface area (Å²) in [6, 6.07) is 0. The molecule has 2 N–H and O–H groups in total. The Hall–Kier alpha value is -1.69. The van der Waals surface area contributed by atoms with Crippen molar-refractivity contribution in [3.05, 3.63) is 12.0 Å². The van der Waals surface area contributed by atoms with Crippen LogP contribution in [0.25, 0.3) is 11.0 Å². The number of hydrogen-bond donors (Lipinski definition) is 1. The monoisotopic (exact) mass is 262 g/mol. The number of aryl methyl sites for hydroxylation is 1. The van der Waals surface area contributed by atoms with Crippen LogP contribution in [0.3, 0.4) is 0 Å². The lowest BCUT2D eigenvalue weighted by Gasteiger charge is -2.25. The summed E-state index contributed by atoms with van der Waals surface area (Å²) in [4.78, 5) is 11.1. The highest BCUT2D eigenvalue weighted by Crippen LogP contribution is 2.18. The highest BCUT2D eigenvalue weighted by molar-refractivity contribution is 5.84. The van der Waals surface area contributed by atoms with Crippen LogP contribution in [0.15, 0.2) is 6.20 Å². The summed E-state index contributed by atoms with van der Waals surface area (Å²) in [6.07, 6.45) is 1.70. The van der Waals surface area contributed by atoms with Crippen molar-refractivity contribution < 1.29 is 0 Å². The number of rotatable bonds is 3. The van der Waals surface area contributed by atoms with E-state index in [0.717, 1.165) is 23.4 Å². The maximum Gasteiger partial charge on any atom is 0.163 e. The molecule has 0 aliphatic rings. The van der Waals surface area contributed by atoms with Gasteiger partial charge in [-0.3, -0.25) is 9.58 Å². The summed E-state index contributed by atoms with van der Waals surface area (Å²) in [7, 11) is 3.93. The van der Waals surface area contributed by atoms with Crippen molar-refractivity contribution in [1.29, 1.82) is 0 Å². The first-order chi connectivity index (χ1) is 8.76. The lowest BCUT2D eigenvalue weighted by Crippen LogP contribution is -2.29. The smallest absolute Gasteiger partial charge is 0.163 e. The van der Waals surface area contributed by atoms with Gasteiger partial charge in [0, 0.05) is 13.6 Å². The van der Waals surface area contributed by atoms with Crippen molar-refractivity contribution in [3.8, 4) is 0 Å². The molecule has 0 aromatic carbocycles. The highest BCUT2D eigenvalue weighted by Gasteiger charge is 2.16. The molecule has 0 amide bonds. The maximum atomic E-state index is 5.95. The van der Waals surface area contributed by atoms with Gasteiger partial charge in [0.25, 0.3) is 0 Å². The third-order valence-electron chi connectivity index (χ3n) is 2.82. The van der Waals surface area contributed by atoms with Crippen LogP contribution in [0.1, 0.15) is 26.6 Å². The number of fused-ring (bicyclic) bond motifs is 1. The van der Waals surface area contributed by atoms with Crippen molar-refractivity contribution in [2.24, 2.45) is 12.5 Å². The fourth-order valence-corrected chi connectivity index (χ4v) is 2.27. The summed E-state index contributed by atoms with van der Waals surface area (Å²) >= 11 is 0. The zero-order valence-corrected chi connectivity index (χ0v) is 12.3. The third-order valence-corrected chi connectivity index (χ3v) is 2.82. The predicted octanol–water partition coefficient (Wildman–Crippen LogP) is 1.42. The van der Waals surface area contributed by atoms with Crippen LogP contribution in [0, 0.1) is 5.41 Å². The Morgan fingerprint density at radius 1 is 1.32 bits per heavy atom. The van der Waals surface area contributed by atoms with E-state index in [1.807, 2.05) is 7.05 Å². The van der Waals surface area contributed by atoms with Crippen molar-refractivity contribution in [2.45, 2.75) is 27.3 Å². The van der Waals surface area contributed by atoms with Gasteiger partial charge in [-0.2, -0.15) is 5.10 Å². The van der Waals surface area contributed by atoms with Gasteiger partial charge in [0.2, 0.25) is 0 Å². The predicted molar refractivity (Wildman–Crippen MR) is 76.5 cm³/mol. The zero-order valence-electron chi connectivity index (χ0n) is 12.3. The molecule has 19 heavy (non-hydrogen) atoms. The summed E-state index contributed by atoms with van der Waals surface area (Å²) in [5, 5.41) is 4.97. The molecule has 0 atom stereocenters. The Morgan fingerprint density at radius 2 is 2.00 bits per heavy atom. The van der Waals surface area contributed by atoms with Gasteiger partial charge in [0.15, 0.2) is 5.65 Å². The quantitative estimate of drug-likeness (QED) is 0.905. The number of nitrogens with zero attached hydrogens (tertiary/aromatic N) is 5. The van der Waals surface area contributed by atoms with Gasteiger partial charge in [-0.05, 0) is 12.5 Å². The van der Waals surface area contributed by atoms with E-state index < -0.39 is 0 Å². The van der Waals surface area contributed by atoms with Gasteiger partial charge < -0.3 is 5.73 Å². The number of nitrogens with two attached hydrogens (primary N) is 1. The standard InChI is InChI=1S/C13H22N6/c1-13(2,3)8-18(4)7-10-16-11(14)9-6-15-19(5)12(9)17-10/h6H,7-8H2,1-5H3,(H2,14,16,17). The van der Waals surface area contributed by atoms with Crippen molar-refractivity contribution in [1.82, 2.24) is 24.6 Å². The van der Waals surface area contributed by atoms with E-state index in [-0.39, 0.29) is 5.41 Å². The van der Waals surface area contributed by atoms with E-state index in [2.05, 4.69) is 47.8 Å². The van der Waals surface area contributed by atoms with Crippen molar-refractivity contribution in [2.75, 3.05) is 19.3 Å². The number of hydrogen-bond acceptors (Lipinski definition) is 5. The van der Waals surface area contributed by atoms with Crippen LogP contribution < -0.4 is 5.73 Å². The average molecular weight is 262 g/mol. The van der Waals surface area contributed by atoms with Crippen LogP contribution in [-0.4, -0.2) is 38.2 Å². The zero-order chi connectivity index (χ0) is 14.2. The Labute approximate surface area is 113 Å².